The molecule has 0 aromatic heterocycles. The highest BCUT2D eigenvalue weighted by Gasteiger charge is 2.30. The Kier molecular flexibility index (Phi) is 6.87. The van der Waals surface area contributed by atoms with Crippen molar-refractivity contribution in [3.05, 3.63) is 109 Å². The molecule has 3 aromatic rings. The molecule has 0 aliphatic rings. The fourth-order valence-electron chi connectivity index (χ4n) is 3.15. The molecular weight excluding hydrogens is 410 g/mol. The number of hydrogen-bond acceptors (Lipinski definition) is 5. The second kappa shape index (κ2) is 9.94. The van der Waals surface area contributed by atoms with Gasteiger partial charge in [-0.05, 0) is 23.3 Å². The third kappa shape index (κ3) is 5.31. The molecule has 0 atom stereocenters. The molecule has 8 heteroatoms. The maximum Gasteiger partial charge on any atom is 0.292 e. The predicted octanol–water partition coefficient (Wildman–Crippen LogP) is 5.80. The monoisotopic (exact) mass is 429 g/mol. The molecule has 0 spiro atoms. The topological polar surface area (TPSA) is 115 Å². The molecule has 160 valence electrons. The van der Waals surface area contributed by atoms with Gasteiger partial charge in [0.25, 0.3) is 11.4 Å². The molecule has 1 amide bonds. The summed E-state index contributed by atoms with van der Waals surface area (Å²) < 4.78 is 0. The van der Waals surface area contributed by atoms with Crippen LogP contribution >= 0.6 is 0 Å². The highest BCUT2D eigenvalue weighted by Crippen LogP contribution is 2.40. The number of carbonyl (C=O) groups is 1. The van der Waals surface area contributed by atoms with Crippen LogP contribution in [-0.4, -0.2) is 15.8 Å². The lowest BCUT2D eigenvalue weighted by molar-refractivity contribution is -0.394. The Bertz CT molecular complexity index is 1220. The average Bonchev–Trinajstić information content (AvgIpc) is 2.77. The molecule has 0 heterocycles. The highest BCUT2D eigenvalue weighted by molar-refractivity contribution is 5.97. The normalized spacial score (nSPS) is 11.0. The Morgan fingerprint density at radius 1 is 0.781 bits per heavy atom. The zero-order valence-electron chi connectivity index (χ0n) is 17.1. The van der Waals surface area contributed by atoms with Crippen LogP contribution in [0.2, 0.25) is 0 Å². The van der Waals surface area contributed by atoms with Crippen LogP contribution in [0.5, 0.6) is 0 Å². The minimum absolute atomic E-state index is 0.0139. The van der Waals surface area contributed by atoms with Crippen molar-refractivity contribution in [2.24, 2.45) is 0 Å². The van der Waals surface area contributed by atoms with Gasteiger partial charge in [-0.1, -0.05) is 72.8 Å². The summed E-state index contributed by atoms with van der Waals surface area (Å²) in [7, 11) is 0. The molecule has 0 saturated carbocycles. The summed E-state index contributed by atoms with van der Waals surface area (Å²) in [6.07, 6.45) is 6.04. The Balaban J connectivity index is 2.27. The number of anilines is 1. The number of benzene rings is 3. The fourth-order valence-corrected chi connectivity index (χ4v) is 3.15. The van der Waals surface area contributed by atoms with E-state index in [9.17, 15) is 25.0 Å². The van der Waals surface area contributed by atoms with Crippen molar-refractivity contribution >= 4 is 47.3 Å². The Labute approximate surface area is 183 Å². The maximum atomic E-state index is 12.1. The average molecular weight is 429 g/mol. The number of nitrogens with one attached hydrogen (secondary N) is 1. The minimum Gasteiger partial charge on any atom is -0.325 e. The van der Waals surface area contributed by atoms with Crippen molar-refractivity contribution < 1.29 is 14.6 Å². The first-order valence-electron chi connectivity index (χ1n) is 9.60. The molecule has 0 aliphatic heterocycles. The van der Waals surface area contributed by atoms with E-state index in [2.05, 4.69) is 5.32 Å². The summed E-state index contributed by atoms with van der Waals surface area (Å²) in [5.41, 5.74) is 0.434. The second-order valence-electron chi connectivity index (χ2n) is 6.80. The minimum atomic E-state index is -0.701. The van der Waals surface area contributed by atoms with Gasteiger partial charge >= 0.3 is 0 Å². The molecular formula is C24H19N3O5. The smallest absolute Gasteiger partial charge is 0.292 e. The Hall–Kier alpha value is -4.59. The van der Waals surface area contributed by atoms with Crippen molar-refractivity contribution in [3.8, 4) is 0 Å². The molecule has 0 bridgehead atoms. The van der Waals surface area contributed by atoms with E-state index in [0.29, 0.717) is 0 Å². The first-order chi connectivity index (χ1) is 15.4. The highest BCUT2D eigenvalue weighted by atomic mass is 16.6. The van der Waals surface area contributed by atoms with E-state index < -0.39 is 27.1 Å². The van der Waals surface area contributed by atoms with Crippen molar-refractivity contribution in [2.45, 2.75) is 6.92 Å². The quantitative estimate of drug-likeness (QED) is 0.289. The molecule has 8 nitrogen and oxygen atoms in total. The molecule has 0 radical (unpaired) electrons. The van der Waals surface area contributed by atoms with Crippen LogP contribution in [0.4, 0.5) is 17.1 Å². The lowest BCUT2D eigenvalue weighted by atomic mass is 10.00. The molecule has 3 aromatic carbocycles. The van der Waals surface area contributed by atoms with E-state index in [4.69, 9.17) is 0 Å². The van der Waals surface area contributed by atoms with E-state index in [1.54, 1.807) is 36.4 Å². The van der Waals surface area contributed by atoms with Gasteiger partial charge in [0.2, 0.25) is 5.91 Å². The number of amides is 1. The number of hydrogen-bond donors (Lipinski definition) is 1. The fraction of sp³-hybridized carbons (Fsp3) is 0.0417. The van der Waals surface area contributed by atoms with Crippen molar-refractivity contribution in [3.63, 3.8) is 0 Å². The summed E-state index contributed by atoms with van der Waals surface area (Å²) in [4.78, 5) is 34.2. The summed E-state index contributed by atoms with van der Waals surface area (Å²) in [5.74, 6) is -0.504. The number of nitro benzene ring substituents is 2. The Morgan fingerprint density at radius 3 is 1.72 bits per heavy atom. The van der Waals surface area contributed by atoms with Crippen LogP contribution in [-0.2, 0) is 4.79 Å². The lowest BCUT2D eigenvalue weighted by Gasteiger charge is -2.11. The van der Waals surface area contributed by atoms with Crippen molar-refractivity contribution in [2.75, 3.05) is 5.32 Å². The first kappa shape index (κ1) is 22.1. The van der Waals surface area contributed by atoms with Gasteiger partial charge < -0.3 is 5.32 Å². The van der Waals surface area contributed by atoms with Gasteiger partial charge in [-0.3, -0.25) is 25.0 Å². The SMILES string of the molecule is CC(=O)Nc1cc([N+](=O)[O-])c(C=Cc2ccccc2)c([N+](=O)[O-])c1C=Cc1ccccc1. The van der Waals surface area contributed by atoms with Crippen LogP contribution < -0.4 is 5.32 Å². The van der Waals surface area contributed by atoms with Gasteiger partial charge in [0.15, 0.2) is 0 Å². The van der Waals surface area contributed by atoms with E-state index in [-0.39, 0.29) is 16.8 Å². The third-order valence-electron chi connectivity index (χ3n) is 4.53. The van der Waals surface area contributed by atoms with Gasteiger partial charge in [-0.25, -0.2) is 0 Å². The molecule has 0 aliphatic carbocycles. The van der Waals surface area contributed by atoms with Gasteiger partial charge in [-0.2, -0.15) is 0 Å². The number of carbonyl (C=O) groups excluding carboxylic acids is 1. The first-order valence-corrected chi connectivity index (χ1v) is 9.60. The van der Waals surface area contributed by atoms with Crippen molar-refractivity contribution in [1.29, 1.82) is 0 Å². The third-order valence-corrected chi connectivity index (χ3v) is 4.53. The Morgan fingerprint density at radius 2 is 1.28 bits per heavy atom. The molecule has 0 unspecified atom stereocenters. The molecule has 1 N–H and O–H groups in total. The van der Waals surface area contributed by atoms with Crippen LogP contribution in [0.3, 0.4) is 0 Å². The van der Waals surface area contributed by atoms with E-state index in [1.165, 1.54) is 19.1 Å². The van der Waals surface area contributed by atoms with Crippen LogP contribution in [0.25, 0.3) is 24.3 Å². The second-order valence-corrected chi connectivity index (χ2v) is 6.80. The van der Waals surface area contributed by atoms with Crippen LogP contribution in [0, 0.1) is 20.2 Å². The summed E-state index contributed by atoms with van der Waals surface area (Å²) in [6, 6.07) is 19.2. The van der Waals surface area contributed by atoms with Crippen LogP contribution in [0.1, 0.15) is 29.2 Å². The number of nitro groups is 2. The number of rotatable bonds is 7. The predicted molar refractivity (Wildman–Crippen MR) is 125 cm³/mol. The number of nitrogens with zero attached hydrogens (tertiary/aromatic N) is 2. The van der Waals surface area contributed by atoms with Gasteiger partial charge in [-0.15, -0.1) is 0 Å². The maximum absolute atomic E-state index is 12.1. The zero-order valence-corrected chi connectivity index (χ0v) is 17.1. The van der Waals surface area contributed by atoms with Gasteiger partial charge in [0.05, 0.1) is 21.1 Å². The summed E-state index contributed by atoms with van der Waals surface area (Å²) in [6.45, 7) is 1.23. The van der Waals surface area contributed by atoms with Crippen molar-refractivity contribution in [1.82, 2.24) is 0 Å². The van der Waals surface area contributed by atoms with Gasteiger partial charge in [0.1, 0.15) is 5.56 Å². The van der Waals surface area contributed by atoms with Gasteiger partial charge in [0, 0.05) is 13.0 Å². The molecule has 32 heavy (non-hydrogen) atoms. The lowest BCUT2D eigenvalue weighted by Crippen LogP contribution is -2.10. The van der Waals surface area contributed by atoms with Crippen LogP contribution in [0.15, 0.2) is 66.7 Å². The summed E-state index contributed by atoms with van der Waals surface area (Å²) >= 11 is 0. The van der Waals surface area contributed by atoms with E-state index in [1.807, 2.05) is 36.4 Å². The molecule has 0 fully saturated rings. The largest absolute Gasteiger partial charge is 0.325 e. The summed E-state index contributed by atoms with van der Waals surface area (Å²) in [5, 5.41) is 26.3. The zero-order chi connectivity index (χ0) is 23.1. The molecule has 3 rings (SSSR count). The molecule has 0 saturated heterocycles. The van der Waals surface area contributed by atoms with E-state index >= 15 is 0 Å². The van der Waals surface area contributed by atoms with E-state index in [0.717, 1.165) is 17.2 Å². The standard InChI is InChI=1S/C24H19N3O5/c1-17(28)25-22-16-23(26(29)30)21(15-13-19-10-6-3-7-11-19)24(27(31)32)20(22)14-12-18-8-4-2-5-9-18/h2-16H,1H3,(H,25,28).